The van der Waals surface area contributed by atoms with E-state index >= 15 is 0 Å². The Morgan fingerprint density at radius 3 is 3.05 bits per heavy atom. The molecule has 19 heavy (non-hydrogen) atoms. The van der Waals surface area contributed by atoms with E-state index in [1.807, 2.05) is 24.3 Å². The van der Waals surface area contributed by atoms with Crippen LogP contribution in [-0.2, 0) is 0 Å². The van der Waals surface area contributed by atoms with Gasteiger partial charge in [0.2, 0.25) is 5.89 Å². The molecule has 1 aliphatic heterocycles. The second-order valence-corrected chi connectivity index (χ2v) is 5.60. The molecule has 0 fully saturated rings. The van der Waals surface area contributed by atoms with Crippen molar-refractivity contribution >= 4 is 32.7 Å². The van der Waals surface area contributed by atoms with Crippen molar-refractivity contribution in [2.75, 3.05) is 11.9 Å². The summed E-state index contributed by atoms with van der Waals surface area (Å²) in [5.41, 5.74) is 4.17. The smallest absolute Gasteiger partial charge is 0.204 e. The van der Waals surface area contributed by atoms with Crippen LogP contribution in [-0.4, -0.2) is 11.5 Å². The third-order valence-electron chi connectivity index (χ3n) is 3.50. The number of fused-ring (bicyclic) bond motifs is 2. The average Bonchev–Trinajstić information content (AvgIpc) is 3.00. The summed E-state index contributed by atoms with van der Waals surface area (Å²) in [5.74, 6) is 0.980. The fraction of sp³-hybridized carbons (Fsp3) is 0.133. The molecule has 1 aromatic heterocycles. The third kappa shape index (κ3) is 1.75. The quantitative estimate of drug-likeness (QED) is 0.733. The molecule has 0 radical (unpaired) electrons. The predicted molar refractivity (Wildman–Crippen MR) is 78.5 cm³/mol. The van der Waals surface area contributed by atoms with Gasteiger partial charge in [0, 0.05) is 16.7 Å². The van der Waals surface area contributed by atoms with E-state index in [1.54, 1.807) is 0 Å². The van der Waals surface area contributed by atoms with Crippen LogP contribution in [0.25, 0.3) is 11.1 Å². The number of rotatable bonds is 1. The van der Waals surface area contributed by atoms with E-state index < -0.39 is 0 Å². The lowest BCUT2D eigenvalue weighted by Gasteiger charge is -2.04. The van der Waals surface area contributed by atoms with Crippen LogP contribution < -0.4 is 5.32 Å². The first kappa shape index (κ1) is 11.1. The summed E-state index contributed by atoms with van der Waals surface area (Å²) in [5, 5.41) is 3.40. The molecule has 1 N–H and O–H groups in total. The standard InChI is InChI=1S/C15H11BrN2O/c16-9-5-6-14-13(7-9)18-15(19-14)11-8-17-12-4-2-1-3-10(11)12/h1-7,11,17H,8H2. The number of hydrogen-bond acceptors (Lipinski definition) is 3. The molecule has 0 spiro atoms. The number of hydrogen-bond donors (Lipinski definition) is 1. The highest BCUT2D eigenvalue weighted by Gasteiger charge is 2.27. The number of oxazole rings is 1. The SMILES string of the molecule is Brc1ccc2oc(C3CNc4ccccc43)nc2c1. The summed E-state index contributed by atoms with van der Waals surface area (Å²) in [7, 11) is 0. The maximum Gasteiger partial charge on any atom is 0.204 e. The van der Waals surface area contributed by atoms with Crippen LogP contribution in [0.3, 0.4) is 0 Å². The maximum absolute atomic E-state index is 5.89. The van der Waals surface area contributed by atoms with Gasteiger partial charge in [0.1, 0.15) is 5.52 Å². The zero-order valence-electron chi connectivity index (χ0n) is 10.1. The fourth-order valence-corrected chi connectivity index (χ4v) is 2.92. The monoisotopic (exact) mass is 314 g/mol. The van der Waals surface area contributed by atoms with Crippen molar-refractivity contribution in [1.82, 2.24) is 4.98 Å². The van der Waals surface area contributed by atoms with Gasteiger partial charge in [-0.2, -0.15) is 0 Å². The van der Waals surface area contributed by atoms with Gasteiger partial charge in [-0.1, -0.05) is 34.1 Å². The molecule has 1 atom stereocenters. The van der Waals surface area contributed by atoms with E-state index in [9.17, 15) is 0 Å². The van der Waals surface area contributed by atoms with Gasteiger partial charge < -0.3 is 9.73 Å². The minimum absolute atomic E-state index is 0.197. The van der Waals surface area contributed by atoms with Gasteiger partial charge in [0.15, 0.2) is 5.58 Å². The summed E-state index contributed by atoms with van der Waals surface area (Å²) in [6.07, 6.45) is 0. The Balaban J connectivity index is 1.83. The molecule has 2 aromatic carbocycles. The molecule has 0 bridgehead atoms. The highest BCUT2D eigenvalue weighted by Crippen LogP contribution is 2.36. The number of nitrogens with zero attached hydrogens (tertiary/aromatic N) is 1. The van der Waals surface area contributed by atoms with E-state index in [0.717, 1.165) is 28.0 Å². The summed E-state index contributed by atoms with van der Waals surface area (Å²) < 4.78 is 6.91. The lowest BCUT2D eigenvalue weighted by Crippen LogP contribution is -2.03. The normalized spacial score (nSPS) is 17.4. The lowest BCUT2D eigenvalue weighted by atomic mass is 10.0. The van der Waals surface area contributed by atoms with Crippen molar-refractivity contribution in [2.24, 2.45) is 0 Å². The van der Waals surface area contributed by atoms with Crippen LogP contribution in [0.15, 0.2) is 51.4 Å². The first-order chi connectivity index (χ1) is 9.31. The summed E-state index contributed by atoms with van der Waals surface area (Å²) in [6, 6.07) is 14.2. The topological polar surface area (TPSA) is 38.1 Å². The molecule has 4 heteroatoms. The number of anilines is 1. The molecule has 94 valence electrons. The number of aromatic nitrogens is 1. The maximum atomic E-state index is 5.89. The second-order valence-electron chi connectivity index (χ2n) is 4.68. The van der Waals surface area contributed by atoms with Gasteiger partial charge in [0.05, 0.1) is 5.92 Å². The summed E-state index contributed by atoms with van der Waals surface area (Å²) in [6.45, 7) is 0.841. The van der Waals surface area contributed by atoms with Crippen molar-refractivity contribution in [3.8, 4) is 0 Å². The number of para-hydroxylation sites is 1. The Morgan fingerprint density at radius 2 is 2.11 bits per heavy atom. The van der Waals surface area contributed by atoms with Crippen LogP contribution in [0.5, 0.6) is 0 Å². The van der Waals surface area contributed by atoms with Crippen molar-refractivity contribution in [2.45, 2.75) is 5.92 Å². The molecular weight excluding hydrogens is 304 g/mol. The van der Waals surface area contributed by atoms with Crippen molar-refractivity contribution in [3.05, 3.63) is 58.4 Å². The molecule has 4 rings (SSSR count). The van der Waals surface area contributed by atoms with E-state index in [4.69, 9.17) is 4.42 Å². The van der Waals surface area contributed by atoms with Gasteiger partial charge in [0.25, 0.3) is 0 Å². The summed E-state index contributed by atoms with van der Waals surface area (Å²) in [4.78, 5) is 4.62. The minimum atomic E-state index is 0.197. The largest absolute Gasteiger partial charge is 0.440 e. The van der Waals surface area contributed by atoms with Crippen LogP contribution in [0.4, 0.5) is 5.69 Å². The zero-order valence-corrected chi connectivity index (χ0v) is 11.6. The van der Waals surface area contributed by atoms with Crippen LogP contribution in [0, 0.1) is 0 Å². The van der Waals surface area contributed by atoms with E-state index in [-0.39, 0.29) is 5.92 Å². The third-order valence-corrected chi connectivity index (χ3v) is 3.99. The van der Waals surface area contributed by atoms with Gasteiger partial charge in [-0.15, -0.1) is 0 Å². The van der Waals surface area contributed by atoms with Gasteiger partial charge in [-0.25, -0.2) is 4.98 Å². The molecule has 0 aliphatic carbocycles. The predicted octanol–water partition coefficient (Wildman–Crippen LogP) is 4.15. The zero-order chi connectivity index (χ0) is 12.8. The molecule has 3 aromatic rings. The highest BCUT2D eigenvalue weighted by molar-refractivity contribution is 9.10. The Bertz CT molecular complexity index is 766. The Labute approximate surface area is 118 Å². The number of halogens is 1. The van der Waals surface area contributed by atoms with Gasteiger partial charge in [-0.05, 0) is 29.8 Å². The molecule has 2 heterocycles. The average molecular weight is 315 g/mol. The first-order valence-corrected chi connectivity index (χ1v) is 6.99. The Kier molecular flexibility index (Phi) is 2.38. The molecule has 3 nitrogen and oxygen atoms in total. The molecule has 0 saturated carbocycles. The van der Waals surface area contributed by atoms with E-state index in [1.165, 1.54) is 11.3 Å². The van der Waals surface area contributed by atoms with E-state index in [0.29, 0.717) is 0 Å². The molecule has 1 aliphatic rings. The Morgan fingerprint density at radius 1 is 1.21 bits per heavy atom. The van der Waals surface area contributed by atoms with Crippen molar-refractivity contribution in [1.29, 1.82) is 0 Å². The first-order valence-electron chi connectivity index (χ1n) is 6.20. The Hall–Kier alpha value is -1.81. The fourth-order valence-electron chi connectivity index (χ4n) is 2.57. The molecule has 0 saturated heterocycles. The van der Waals surface area contributed by atoms with Crippen LogP contribution in [0.1, 0.15) is 17.4 Å². The minimum Gasteiger partial charge on any atom is -0.440 e. The lowest BCUT2D eigenvalue weighted by molar-refractivity contribution is 0.512. The van der Waals surface area contributed by atoms with Crippen molar-refractivity contribution < 1.29 is 4.42 Å². The number of benzene rings is 2. The van der Waals surface area contributed by atoms with E-state index in [2.05, 4.69) is 44.4 Å². The highest BCUT2D eigenvalue weighted by atomic mass is 79.9. The number of nitrogens with one attached hydrogen (secondary N) is 1. The summed E-state index contributed by atoms with van der Waals surface area (Å²) >= 11 is 3.46. The van der Waals surface area contributed by atoms with Crippen LogP contribution >= 0.6 is 15.9 Å². The van der Waals surface area contributed by atoms with Gasteiger partial charge in [-0.3, -0.25) is 0 Å². The van der Waals surface area contributed by atoms with Crippen LogP contribution in [0.2, 0.25) is 0 Å². The van der Waals surface area contributed by atoms with Gasteiger partial charge >= 0.3 is 0 Å². The molecular formula is C15H11BrN2O. The van der Waals surface area contributed by atoms with Crippen molar-refractivity contribution in [3.63, 3.8) is 0 Å². The second kappa shape index (κ2) is 4.10. The molecule has 0 amide bonds. The molecule has 1 unspecified atom stereocenters.